The predicted octanol–water partition coefficient (Wildman–Crippen LogP) is 5.54. The highest BCUT2D eigenvalue weighted by atomic mass is 35.5. The van der Waals surface area contributed by atoms with E-state index in [4.69, 9.17) is 16.3 Å². The molecule has 5 heteroatoms. The molecule has 2 amide bonds. The average molecular weight is 373 g/mol. The quantitative estimate of drug-likeness (QED) is 0.765. The van der Waals surface area contributed by atoms with Gasteiger partial charge in [-0.2, -0.15) is 0 Å². The molecule has 138 valence electrons. The maximum absolute atomic E-state index is 12.7. The van der Waals surface area contributed by atoms with Crippen LogP contribution in [0.15, 0.2) is 48.5 Å². The molecule has 0 bridgehead atoms. The zero-order chi connectivity index (χ0) is 18.4. The minimum Gasteiger partial charge on any atom is -0.494 e. The van der Waals surface area contributed by atoms with Crippen molar-refractivity contribution in [3.8, 4) is 5.75 Å². The number of ether oxygens (including phenoxy) is 1. The van der Waals surface area contributed by atoms with Gasteiger partial charge < -0.3 is 15.0 Å². The predicted molar refractivity (Wildman–Crippen MR) is 106 cm³/mol. The van der Waals surface area contributed by atoms with Gasteiger partial charge in [0, 0.05) is 29.7 Å². The number of amides is 2. The Hall–Kier alpha value is -2.20. The fraction of sp³-hybridized carbons (Fsp3) is 0.381. The third-order valence-electron chi connectivity index (χ3n) is 4.72. The van der Waals surface area contributed by atoms with Crippen molar-refractivity contribution >= 4 is 23.3 Å². The van der Waals surface area contributed by atoms with E-state index in [0.29, 0.717) is 12.5 Å². The third kappa shape index (κ3) is 4.92. The van der Waals surface area contributed by atoms with Gasteiger partial charge in [-0.05, 0) is 61.7 Å². The summed E-state index contributed by atoms with van der Waals surface area (Å²) in [5, 5.41) is 3.74. The lowest BCUT2D eigenvalue weighted by molar-refractivity contribution is 0.211. The van der Waals surface area contributed by atoms with Crippen molar-refractivity contribution in [2.45, 2.75) is 32.1 Å². The van der Waals surface area contributed by atoms with Crippen LogP contribution in [0.3, 0.4) is 0 Å². The van der Waals surface area contributed by atoms with E-state index in [0.717, 1.165) is 48.8 Å². The lowest BCUT2D eigenvalue weighted by Gasteiger charge is -2.25. The van der Waals surface area contributed by atoms with E-state index in [1.807, 2.05) is 48.2 Å². The van der Waals surface area contributed by atoms with E-state index in [-0.39, 0.29) is 6.03 Å². The first-order valence-electron chi connectivity index (χ1n) is 9.20. The highest BCUT2D eigenvalue weighted by Gasteiger charge is 2.23. The van der Waals surface area contributed by atoms with Gasteiger partial charge in [0.15, 0.2) is 0 Å². The molecule has 3 rings (SSSR count). The summed E-state index contributed by atoms with van der Waals surface area (Å²) < 4.78 is 5.44. The summed E-state index contributed by atoms with van der Waals surface area (Å²) in [6, 6.07) is 15.4. The summed E-state index contributed by atoms with van der Waals surface area (Å²) in [7, 11) is 0. The molecule has 1 fully saturated rings. The van der Waals surface area contributed by atoms with E-state index in [1.165, 1.54) is 5.56 Å². The summed E-state index contributed by atoms with van der Waals surface area (Å²) >= 11 is 6.00. The van der Waals surface area contributed by atoms with Crippen LogP contribution in [-0.2, 0) is 0 Å². The molecule has 1 atom stereocenters. The normalized spacial score (nSPS) is 17.5. The number of hydrogen-bond donors (Lipinski definition) is 1. The van der Waals surface area contributed by atoms with Crippen LogP contribution in [0.25, 0.3) is 0 Å². The van der Waals surface area contributed by atoms with Gasteiger partial charge in [0.1, 0.15) is 5.75 Å². The molecule has 0 saturated carbocycles. The summed E-state index contributed by atoms with van der Waals surface area (Å²) in [6.45, 7) is 4.09. The second-order valence-electron chi connectivity index (χ2n) is 6.58. The summed E-state index contributed by atoms with van der Waals surface area (Å²) in [5.41, 5.74) is 2.03. The van der Waals surface area contributed by atoms with Crippen LogP contribution in [0.4, 0.5) is 10.5 Å². The van der Waals surface area contributed by atoms with Crippen molar-refractivity contribution in [1.29, 1.82) is 0 Å². The topological polar surface area (TPSA) is 41.6 Å². The number of carbonyl (C=O) groups is 1. The number of anilines is 1. The Kier molecular flexibility index (Phi) is 6.40. The van der Waals surface area contributed by atoms with Crippen LogP contribution in [0.2, 0.25) is 5.02 Å². The van der Waals surface area contributed by atoms with Gasteiger partial charge in [-0.1, -0.05) is 30.2 Å². The minimum atomic E-state index is -0.0463. The zero-order valence-corrected chi connectivity index (χ0v) is 15.8. The smallest absolute Gasteiger partial charge is 0.321 e. The molecule has 0 radical (unpaired) electrons. The molecule has 1 aliphatic rings. The highest BCUT2D eigenvalue weighted by molar-refractivity contribution is 6.30. The molecule has 0 aromatic heterocycles. The number of halogens is 1. The van der Waals surface area contributed by atoms with Crippen molar-refractivity contribution in [3.63, 3.8) is 0 Å². The molecule has 0 spiro atoms. The molecule has 1 saturated heterocycles. The van der Waals surface area contributed by atoms with Gasteiger partial charge in [0.2, 0.25) is 0 Å². The maximum Gasteiger partial charge on any atom is 0.321 e. The Morgan fingerprint density at radius 3 is 2.58 bits per heavy atom. The van der Waals surface area contributed by atoms with Gasteiger partial charge in [0.25, 0.3) is 0 Å². The van der Waals surface area contributed by atoms with Crippen LogP contribution < -0.4 is 10.1 Å². The van der Waals surface area contributed by atoms with Crippen molar-refractivity contribution in [3.05, 3.63) is 59.1 Å². The van der Waals surface area contributed by atoms with E-state index < -0.39 is 0 Å². The fourth-order valence-corrected chi connectivity index (χ4v) is 3.46. The van der Waals surface area contributed by atoms with Crippen molar-refractivity contribution in [2.24, 2.45) is 0 Å². The molecule has 1 unspecified atom stereocenters. The molecule has 2 aromatic carbocycles. The first kappa shape index (κ1) is 18.6. The Balaban J connectivity index is 1.64. The Bertz CT molecular complexity index is 716. The van der Waals surface area contributed by atoms with Crippen molar-refractivity contribution < 1.29 is 9.53 Å². The van der Waals surface area contributed by atoms with Gasteiger partial charge in [-0.3, -0.25) is 0 Å². The summed E-state index contributed by atoms with van der Waals surface area (Å²) in [4.78, 5) is 14.6. The standard InChI is InChI=1S/C21H25ClN2O2/c1-2-26-20-12-10-19(11-13-20)23-21(25)24-14-4-3-5-17(15-24)16-6-8-18(22)9-7-16/h6-13,17H,2-5,14-15H2,1H3,(H,23,25). The number of nitrogens with zero attached hydrogens (tertiary/aromatic N) is 1. The molecular weight excluding hydrogens is 348 g/mol. The number of likely N-dealkylation sites (tertiary alicyclic amines) is 1. The van der Waals surface area contributed by atoms with Gasteiger partial charge in [0.05, 0.1) is 6.61 Å². The number of hydrogen-bond acceptors (Lipinski definition) is 2. The highest BCUT2D eigenvalue weighted by Crippen LogP contribution is 2.28. The number of nitrogens with one attached hydrogen (secondary N) is 1. The van der Waals surface area contributed by atoms with E-state index in [2.05, 4.69) is 17.4 Å². The van der Waals surface area contributed by atoms with Crippen LogP contribution in [-0.4, -0.2) is 30.6 Å². The molecule has 1 heterocycles. The van der Waals surface area contributed by atoms with Crippen molar-refractivity contribution in [2.75, 3.05) is 25.0 Å². The number of benzene rings is 2. The molecule has 0 aliphatic carbocycles. The van der Waals surface area contributed by atoms with Crippen LogP contribution >= 0.6 is 11.6 Å². The largest absolute Gasteiger partial charge is 0.494 e. The fourth-order valence-electron chi connectivity index (χ4n) is 3.34. The first-order valence-corrected chi connectivity index (χ1v) is 9.57. The number of rotatable bonds is 4. The molecular formula is C21H25ClN2O2. The molecule has 2 aromatic rings. The first-order chi connectivity index (χ1) is 12.7. The summed E-state index contributed by atoms with van der Waals surface area (Å²) in [5.74, 6) is 1.16. The maximum atomic E-state index is 12.7. The number of carbonyl (C=O) groups excluding carboxylic acids is 1. The van der Waals surface area contributed by atoms with E-state index in [9.17, 15) is 4.79 Å². The molecule has 1 aliphatic heterocycles. The lowest BCUT2D eigenvalue weighted by atomic mass is 9.94. The van der Waals surface area contributed by atoms with Gasteiger partial charge in [-0.15, -0.1) is 0 Å². The Labute approximate surface area is 160 Å². The SMILES string of the molecule is CCOc1ccc(NC(=O)N2CCCCC(c3ccc(Cl)cc3)C2)cc1. The van der Waals surface area contributed by atoms with Crippen LogP contribution in [0.5, 0.6) is 5.75 Å². The van der Waals surface area contributed by atoms with Crippen molar-refractivity contribution in [1.82, 2.24) is 4.90 Å². The third-order valence-corrected chi connectivity index (χ3v) is 4.97. The lowest BCUT2D eigenvalue weighted by Crippen LogP contribution is -2.37. The molecule has 4 nitrogen and oxygen atoms in total. The second-order valence-corrected chi connectivity index (χ2v) is 7.01. The average Bonchev–Trinajstić information content (AvgIpc) is 2.91. The Morgan fingerprint density at radius 1 is 1.15 bits per heavy atom. The van der Waals surface area contributed by atoms with E-state index in [1.54, 1.807) is 0 Å². The molecule has 26 heavy (non-hydrogen) atoms. The monoisotopic (exact) mass is 372 g/mol. The summed E-state index contributed by atoms with van der Waals surface area (Å²) in [6.07, 6.45) is 3.25. The number of urea groups is 1. The van der Waals surface area contributed by atoms with Crippen LogP contribution in [0, 0.1) is 0 Å². The van der Waals surface area contributed by atoms with E-state index >= 15 is 0 Å². The minimum absolute atomic E-state index is 0.0463. The second kappa shape index (κ2) is 8.95. The van der Waals surface area contributed by atoms with Gasteiger partial charge >= 0.3 is 6.03 Å². The molecule has 1 N–H and O–H groups in total. The van der Waals surface area contributed by atoms with Crippen LogP contribution in [0.1, 0.15) is 37.7 Å². The zero-order valence-electron chi connectivity index (χ0n) is 15.1. The Morgan fingerprint density at radius 2 is 1.88 bits per heavy atom. The van der Waals surface area contributed by atoms with Gasteiger partial charge in [-0.25, -0.2) is 4.79 Å².